The molecule has 1 rings (SSSR count). The molecule has 0 aromatic heterocycles. The van der Waals surface area contributed by atoms with Gasteiger partial charge in [-0.3, -0.25) is 4.79 Å². The molecule has 0 N–H and O–H groups in total. The summed E-state index contributed by atoms with van der Waals surface area (Å²) in [5.74, 6) is -13.0. The van der Waals surface area contributed by atoms with Crippen LogP contribution in [0.1, 0.15) is 6.42 Å². The Morgan fingerprint density at radius 3 is 2.00 bits per heavy atom. The summed E-state index contributed by atoms with van der Waals surface area (Å²) in [5, 5.41) is 0. The molecule has 0 saturated carbocycles. The number of esters is 1. The van der Waals surface area contributed by atoms with Crippen molar-refractivity contribution in [2.75, 3.05) is 26.2 Å². The summed E-state index contributed by atoms with van der Waals surface area (Å²) in [4.78, 5) is 12.6. The Morgan fingerprint density at radius 1 is 1.05 bits per heavy atom. The fourth-order valence-electron chi connectivity index (χ4n) is 1.09. The molecular formula is C9H10F7NO2. The van der Waals surface area contributed by atoms with Crippen LogP contribution in [0, 0.1) is 0 Å². The lowest BCUT2D eigenvalue weighted by Gasteiger charge is -2.27. The second kappa shape index (κ2) is 5.14. The van der Waals surface area contributed by atoms with E-state index < -0.39 is 30.6 Å². The van der Waals surface area contributed by atoms with Gasteiger partial charge in [0.2, 0.25) is 0 Å². The highest BCUT2D eigenvalue weighted by Gasteiger charge is 2.73. The monoisotopic (exact) mass is 297 g/mol. The largest absolute Gasteiger partial charge is 0.460 e. The number of carbonyl (C=O) groups is 1. The number of alkyl halides is 7. The topological polar surface area (TPSA) is 29.3 Å². The summed E-state index contributed by atoms with van der Waals surface area (Å²) < 4.78 is 89.2. The summed E-state index contributed by atoms with van der Waals surface area (Å²) >= 11 is 0. The molecule has 1 saturated heterocycles. The van der Waals surface area contributed by atoms with E-state index in [1.54, 1.807) is 4.90 Å². The van der Waals surface area contributed by atoms with Crippen LogP contribution in [0.15, 0.2) is 0 Å². The Balaban J connectivity index is 2.46. The van der Waals surface area contributed by atoms with Crippen LogP contribution >= 0.6 is 0 Å². The van der Waals surface area contributed by atoms with E-state index in [1.165, 1.54) is 0 Å². The number of ether oxygens (including phenoxy) is 1. The second-order valence-corrected chi connectivity index (χ2v) is 4.03. The van der Waals surface area contributed by atoms with E-state index in [-0.39, 0.29) is 13.0 Å². The molecule has 1 aliphatic heterocycles. The van der Waals surface area contributed by atoms with E-state index in [9.17, 15) is 35.5 Å². The fraction of sp³-hybridized carbons (Fsp3) is 0.889. The fourth-order valence-corrected chi connectivity index (χ4v) is 1.09. The van der Waals surface area contributed by atoms with E-state index in [2.05, 4.69) is 4.74 Å². The predicted octanol–water partition coefficient (Wildman–Crippen LogP) is 2.07. The molecule has 0 aliphatic carbocycles. The molecule has 0 bridgehead atoms. The third-order valence-electron chi connectivity index (χ3n) is 2.40. The minimum Gasteiger partial charge on any atom is -0.459 e. The zero-order chi connectivity index (χ0) is 14.9. The Bertz CT molecular complexity index is 338. The van der Waals surface area contributed by atoms with Gasteiger partial charge in [-0.15, -0.1) is 0 Å². The molecule has 1 aliphatic rings. The van der Waals surface area contributed by atoms with Crippen LogP contribution in [0.3, 0.4) is 0 Å². The molecule has 0 amide bonds. The third kappa shape index (κ3) is 3.95. The molecule has 0 atom stereocenters. The first-order valence-corrected chi connectivity index (χ1v) is 5.18. The summed E-state index contributed by atoms with van der Waals surface area (Å²) in [6.45, 7) is -0.677. The molecule has 112 valence electrons. The van der Waals surface area contributed by atoms with Gasteiger partial charge in [0, 0.05) is 19.6 Å². The van der Waals surface area contributed by atoms with Gasteiger partial charge in [0.1, 0.15) is 0 Å². The minimum atomic E-state index is -6.41. The molecule has 0 aromatic carbocycles. The molecule has 0 unspecified atom stereocenters. The van der Waals surface area contributed by atoms with Crippen LogP contribution in [-0.4, -0.2) is 55.1 Å². The first kappa shape index (κ1) is 16.0. The number of hydrogen-bond acceptors (Lipinski definition) is 3. The first-order chi connectivity index (χ1) is 8.47. The van der Waals surface area contributed by atoms with Gasteiger partial charge in [-0.05, 0) is 0 Å². The first-order valence-electron chi connectivity index (χ1n) is 5.18. The van der Waals surface area contributed by atoms with Crippen molar-refractivity contribution in [1.82, 2.24) is 4.90 Å². The van der Waals surface area contributed by atoms with Crippen LogP contribution in [0.2, 0.25) is 0 Å². The molecule has 1 fully saturated rings. The normalized spacial score (nSPS) is 17.4. The van der Waals surface area contributed by atoms with Crippen molar-refractivity contribution >= 4 is 5.97 Å². The third-order valence-corrected chi connectivity index (χ3v) is 2.40. The van der Waals surface area contributed by atoms with Crippen molar-refractivity contribution in [3.63, 3.8) is 0 Å². The van der Waals surface area contributed by atoms with Gasteiger partial charge in [0.05, 0.1) is 6.42 Å². The van der Waals surface area contributed by atoms with Crippen molar-refractivity contribution in [2.24, 2.45) is 0 Å². The highest BCUT2D eigenvalue weighted by Crippen LogP contribution is 2.46. The lowest BCUT2D eigenvalue weighted by Crippen LogP contribution is -2.54. The van der Waals surface area contributed by atoms with Gasteiger partial charge in [0.25, 0.3) is 0 Å². The minimum absolute atomic E-state index is 0.195. The van der Waals surface area contributed by atoms with E-state index in [0.29, 0.717) is 0 Å². The lowest BCUT2D eigenvalue weighted by atomic mass is 10.2. The Morgan fingerprint density at radius 2 is 1.58 bits per heavy atom. The summed E-state index contributed by atoms with van der Waals surface area (Å²) in [5.41, 5.74) is 0. The number of halogens is 7. The van der Waals surface area contributed by atoms with E-state index in [0.717, 1.165) is 13.1 Å². The van der Waals surface area contributed by atoms with Crippen LogP contribution in [-0.2, 0) is 9.53 Å². The molecule has 19 heavy (non-hydrogen) atoms. The van der Waals surface area contributed by atoms with Crippen LogP contribution < -0.4 is 0 Å². The SMILES string of the molecule is O=C(CCN1CC1)OCC(F)(F)C(F)(F)C(F)(F)F. The molecule has 3 nitrogen and oxygen atoms in total. The Hall–Kier alpha value is -1.06. The number of hydrogen-bond donors (Lipinski definition) is 0. The zero-order valence-electron chi connectivity index (χ0n) is 9.44. The quantitative estimate of drug-likeness (QED) is 0.427. The van der Waals surface area contributed by atoms with Gasteiger partial charge in [-0.2, -0.15) is 30.7 Å². The second-order valence-electron chi connectivity index (χ2n) is 4.03. The zero-order valence-corrected chi connectivity index (χ0v) is 9.44. The number of nitrogens with zero attached hydrogens (tertiary/aromatic N) is 1. The lowest BCUT2D eigenvalue weighted by molar-refractivity contribution is -0.359. The average molecular weight is 297 g/mol. The van der Waals surface area contributed by atoms with Gasteiger partial charge in [0.15, 0.2) is 6.61 Å². The highest BCUT2D eigenvalue weighted by atomic mass is 19.4. The smallest absolute Gasteiger partial charge is 0.459 e. The van der Waals surface area contributed by atoms with Gasteiger partial charge < -0.3 is 9.64 Å². The van der Waals surface area contributed by atoms with Gasteiger partial charge in [-0.25, -0.2) is 0 Å². The molecule has 1 heterocycles. The standard InChI is InChI=1S/C9H10F7NO2/c10-7(11,8(12,13)9(14,15)16)5-19-6(18)1-2-17-3-4-17/h1-5H2. The van der Waals surface area contributed by atoms with Gasteiger partial charge >= 0.3 is 24.0 Å². The van der Waals surface area contributed by atoms with E-state index in [4.69, 9.17) is 0 Å². The van der Waals surface area contributed by atoms with Crippen molar-refractivity contribution in [3.05, 3.63) is 0 Å². The van der Waals surface area contributed by atoms with Crippen molar-refractivity contribution in [1.29, 1.82) is 0 Å². The maximum atomic E-state index is 12.7. The molecular weight excluding hydrogens is 287 g/mol. The maximum Gasteiger partial charge on any atom is 0.460 e. The summed E-state index contributed by atoms with van der Waals surface area (Å²) in [6.07, 6.45) is -6.75. The Kier molecular flexibility index (Phi) is 4.33. The molecule has 0 spiro atoms. The van der Waals surface area contributed by atoms with E-state index in [1.807, 2.05) is 0 Å². The highest BCUT2D eigenvalue weighted by molar-refractivity contribution is 5.69. The molecule has 0 aromatic rings. The predicted molar refractivity (Wildman–Crippen MR) is 48.0 cm³/mol. The summed E-state index contributed by atoms with van der Waals surface area (Å²) in [6, 6.07) is 0. The van der Waals surface area contributed by atoms with Crippen molar-refractivity contribution < 1.29 is 40.3 Å². The van der Waals surface area contributed by atoms with Crippen molar-refractivity contribution in [2.45, 2.75) is 24.4 Å². The maximum absolute atomic E-state index is 12.7. The Labute approximate surface area is 103 Å². The van der Waals surface area contributed by atoms with Crippen LogP contribution in [0.5, 0.6) is 0 Å². The van der Waals surface area contributed by atoms with Crippen LogP contribution in [0.4, 0.5) is 30.7 Å². The van der Waals surface area contributed by atoms with Crippen LogP contribution in [0.25, 0.3) is 0 Å². The van der Waals surface area contributed by atoms with Gasteiger partial charge in [-0.1, -0.05) is 0 Å². The molecule has 0 radical (unpaired) electrons. The van der Waals surface area contributed by atoms with E-state index >= 15 is 0 Å². The number of rotatable bonds is 6. The summed E-state index contributed by atoms with van der Waals surface area (Å²) in [7, 11) is 0. The molecule has 10 heteroatoms. The number of carbonyl (C=O) groups excluding carboxylic acids is 1. The van der Waals surface area contributed by atoms with Crippen molar-refractivity contribution in [3.8, 4) is 0 Å². The average Bonchev–Trinajstić information content (AvgIpc) is 3.05.